The van der Waals surface area contributed by atoms with Crippen LogP contribution in [0.1, 0.15) is 26.7 Å². The minimum absolute atomic E-state index is 0.649. The number of hydrogen-bond donors (Lipinski definition) is 1. The lowest BCUT2D eigenvalue weighted by atomic mass is 9.84. The number of halogens is 3. The van der Waals surface area contributed by atoms with Crippen molar-refractivity contribution < 1.29 is 0 Å². The summed E-state index contributed by atoms with van der Waals surface area (Å²) in [4.78, 5) is 0. The summed E-state index contributed by atoms with van der Waals surface area (Å²) in [6.07, 6.45) is 4.75. The van der Waals surface area contributed by atoms with Gasteiger partial charge in [0.05, 0.1) is 15.7 Å². The van der Waals surface area contributed by atoms with Crippen LogP contribution in [0.15, 0.2) is 28.3 Å². The molecule has 1 aromatic rings. The van der Waals surface area contributed by atoms with Gasteiger partial charge in [-0.2, -0.15) is 0 Å². The van der Waals surface area contributed by atoms with Gasteiger partial charge in [-0.25, -0.2) is 0 Å². The average molecular weight is 363 g/mol. The summed E-state index contributed by atoms with van der Waals surface area (Å²) in [5.74, 6) is 1.31. The third kappa shape index (κ3) is 4.14. The maximum Gasteiger partial charge on any atom is 0.0719 e. The normalized spacial score (nSPS) is 23.1. The highest BCUT2D eigenvalue weighted by molar-refractivity contribution is 9.10. The summed E-state index contributed by atoms with van der Waals surface area (Å²) in [5, 5.41) is 4.73. The lowest BCUT2D eigenvalue weighted by molar-refractivity contribution is 0.421. The molecule has 2 unspecified atom stereocenters. The van der Waals surface area contributed by atoms with Crippen molar-refractivity contribution in [2.75, 3.05) is 11.9 Å². The van der Waals surface area contributed by atoms with Gasteiger partial charge >= 0.3 is 0 Å². The molecule has 1 aliphatic carbocycles. The van der Waals surface area contributed by atoms with Crippen LogP contribution in [0.4, 0.5) is 5.69 Å². The highest BCUT2D eigenvalue weighted by atomic mass is 79.9. The van der Waals surface area contributed by atoms with E-state index in [9.17, 15) is 0 Å². The van der Waals surface area contributed by atoms with Crippen LogP contribution in [0.5, 0.6) is 0 Å². The van der Waals surface area contributed by atoms with Crippen LogP contribution in [-0.4, -0.2) is 6.54 Å². The van der Waals surface area contributed by atoms with E-state index in [1.165, 1.54) is 12.0 Å². The lowest BCUT2D eigenvalue weighted by Gasteiger charge is -2.26. The van der Waals surface area contributed by atoms with Crippen molar-refractivity contribution in [3.63, 3.8) is 0 Å². The summed E-state index contributed by atoms with van der Waals surface area (Å²) in [6, 6.07) is 3.73. The van der Waals surface area contributed by atoms with Gasteiger partial charge in [-0.15, -0.1) is 0 Å². The van der Waals surface area contributed by atoms with E-state index < -0.39 is 0 Å². The summed E-state index contributed by atoms with van der Waals surface area (Å²) < 4.78 is 0.901. The smallest absolute Gasteiger partial charge is 0.0719 e. The molecule has 1 N–H and O–H groups in total. The van der Waals surface area contributed by atoms with Crippen LogP contribution in [0.2, 0.25) is 10.0 Å². The second-order valence-corrected chi connectivity index (χ2v) is 7.15. The van der Waals surface area contributed by atoms with Gasteiger partial charge in [0.2, 0.25) is 0 Å². The van der Waals surface area contributed by atoms with Crippen molar-refractivity contribution in [2.45, 2.75) is 26.7 Å². The fourth-order valence-electron chi connectivity index (χ4n) is 2.80. The quantitative estimate of drug-likeness (QED) is 0.634. The second kappa shape index (κ2) is 6.51. The lowest BCUT2D eigenvalue weighted by Crippen LogP contribution is -2.20. The number of allylic oxidation sites excluding steroid dienone is 2. The first-order chi connectivity index (χ1) is 8.95. The van der Waals surface area contributed by atoms with Gasteiger partial charge in [-0.1, -0.05) is 57.7 Å². The molecule has 2 rings (SSSR count). The molecule has 4 heteroatoms. The summed E-state index contributed by atoms with van der Waals surface area (Å²) in [6.45, 7) is 5.40. The maximum absolute atomic E-state index is 6.22. The molecule has 0 aromatic heterocycles. The third-order valence-electron chi connectivity index (χ3n) is 3.46. The number of rotatable bonds is 3. The van der Waals surface area contributed by atoms with E-state index in [2.05, 4.69) is 41.2 Å². The molecule has 2 atom stereocenters. The molecule has 0 saturated carbocycles. The Hall–Kier alpha value is -0.180. The Morgan fingerprint density at radius 2 is 1.95 bits per heavy atom. The van der Waals surface area contributed by atoms with Gasteiger partial charge in [-0.3, -0.25) is 0 Å². The van der Waals surface area contributed by atoms with E-state index in [0.717, 1.165) is 23.1 Å². The predicted octanol–water partition coefficient (Wildman–Crippen LogP) is 6.16. The van der Waals surface area contributed by atoms with Gasteiger partial charge in [0.15, 0.2) is 0 Å². The standard InChI is InChI=1S/C15H18BrCl2N/c1-9-3-10(2)5-11(4-9)8-19-15-13(17)6-12(16)7-14(15)18/h3,6-7,9,11,19H,4-5,8H2,1-2H3. The van der Waals surface area contributed by atoms with E-state index in [-0.39, 0.29) is 0 Å². The van der Waals surface area contributed by atoms with Crippen LogP contribution < -0.4 is 5.32 Å². The SMILES string of the molecule is CC1=CC(C)CC(CNc2c(Cl)cc(Br)cc2Cl)C1. The van der Waals surface area contributed by atoms with Gasteiger partial charge in [-0.05, 0) is 43.7 Å². The highest BCUT2D eigenvalue weighted by Gasteiger charge is 2.18. The van der Waals surface area contributed by atoms with Crippen LogP contribution >= 0.6 is 39.1 Å². The molecule has 0 aliphatic heterocycles. The molecule has 0 spiro atoms. The topological polar surface area (TPSA) is 12.0 Å². The Bertz CT molecular complexity index is 476. The van der Waals surface area contributed by atoms with Crippen molar-refractivity contribution in [1.82, 2.24) is 0 Å². The van der Waals surface area contributed by atoms with Crippen molar-refractivity contribution in [3.05, 3.63) is 38.3 Å². The fourth-order valence-corrected chi connectivity index (χ4v) is 4.14. The number of nitrogens with one attached hydrogen (secondary N) is 1. The summed E-state index contributed by atoms with van der Waals surface area (Å²) in [5.41, 5.74) is 2.32. The average Bonchev–Trinajstić information content (AvgIpc) is 2.25. The van der Waals surface area contributed by atoms with Gasteiger partial charge in [0.1, 0.15) is 0 Å². The van der Waals surface area contributed by atoms with Crippen LogP contribution in [0.3, 0.4) is 0 Å². The van der Waals surface area contributed by atoms with Crippen LogP contribution in [0, 0.1) is 11.8 Å². The zero-order chi connectivity index (χ0) is 14.0. The molecule has 1 aromatic carbocycles. The first-order valence-corrected chi connectivity index (χ1v) is 8.06. The monoisotopic (exact) mass is 361 g/mol. The molecule has 19 heavy (non-hydrogen) atoms. The van der Waals surface area contributed by atoms with Gasteiger partial charge in [0.25, 0.3) is 0 Å². The van der Waals surface area contributed by atoms with Crippen molar-refractivity contribution in [1.29, 1.82) is 0 Å². The Morgan fingerprint density at radius 1 is 1.32 bits per heavy atom. The first-order valence-electron chi connectivity index (χ1n) is 6.51. The molecule has 0 saturated heterocycles. The zero-order valence-corrected chi connectivity index (χ0v) is 14.2. The minimum Gasteiger partial charge on any atom is -0.382 e. The number of benzene rings is 1. The zero-order valence-electron chi connectivity index (χ0n) is 11.1. The first kappa shape index (κ1) is 15.2. The molecular weight excluding hydrogens is 345 g/mol. The fraction of sp³-hybridized carbons (Fsp3) is 0.467. The van der Waals surface area contributed by atoms with Crippen molar-refractivity contribution >= 4 is 44.8 Å². The number of hydrogen-bond acceptors (Lipinski definition) is 1. The van der Waals surface area contributed by atoms with E-state index in [1.807, 2.05) is 12.1 Å². The van der Waals surface area contributed by atoms with Crippen LogP contribution in [0.25, 0.3) is 0 Å². The van der Waals surface area contributed by atoms with E-state index in [1.54, 1.807) is 0 Å². The Labute approximate surface area is 133 Å². The highest BCUT2D eigenvalue weighted by Crippen LogP contribution is 2.35. The van der Waals surface area contributed by atoms with E-state index in [0.29, 0.717) is 21.9 Å². The largest absolute Gasteiger partial charge is 0.382 e. The molecular formula is C15H18BrCl2N. The maximum atomic E-state index is 6.22. The third-order valence-corrected chi connectivity index (χ3v) is 4.51. The molecule has 0 fully saturated rings. The van der Waals surface area contributed by atoms with Gasteiger partial charge in [0, 0.05) is 11.0 Å². The van der Waals surface area contributed by atoms with E-state index >= 15 is 0 Å². The molecule has 0 heterocycles. The number of anilines is 1. The van der Waals surface area contributed by atoms with Crippen LogP contribution in [-0.2, 0) is 0 Å². The minimum atomic E-state index is 0.649. The predicted molar refractivity (Wildman–Crippen MR) is 88.3 cm³/mol. The Balaban J connectivity index is 2.02. The molecule has 1 nitrogen and oxygen atoms in total. The molecule has 0 radical (unpaired) electrons. The second-order valence-electron chi connectivity index (χ2n) is 5.42. The van der Waals surface area contributed by atoms with Crippen molar-refractivity contribution in [3.8, 4) is 0 Å². The van der Waals surface area contributed by atoms with Gasteiger partial charge < -0.3 is 5.32 Å². The van der Waals surface area contributed by atoms with Crippen molar-refractivity contribution in [2.24, 2.45) is 11.8 Å². The molecule has 0 amide bonds. The summed E-state index contributed by atoms with van der Waals surface area (Å²) in [7, 11) is 0. The summed E-state index contributed by atoms with van der Waals surface area (Å²) >= 11 is 15.8. The molecule has 1 aliphatic rings. The Morgan fingerprint density at radius 3 is 2.53 bits per heavy atom. The Kier molecular flexibility index (Phi) is 5.22. The van der Waals surface area contributed by atoms with E-state index in [4.69, 9.17) is 23.2 Å². The molecule has 0 bridgehead atoms. The molecule has 104 valence electrons.